The first-order chi connectivity index (χ1) is 13.6. The highest BCUT2D eigenvalue weighted by Crippen LogP contribution is 2.25. The minimum absolute atomic E-state index is 0.0542. The lowest BCUT2D eigenvalue weighted by Crippen LogP contribution is -2.44. The van der Waals surface area contributed by atoms with Crippen LogP contribution in [0.4, 0.5) is 0 Å². The molecule has 1 aromatic carbocycles. The van der Waals surface area contributed by atoms with E-state index >= 15 is 0 Å². The van der Waals surface area contributed by atoms with Gasteiger partial charge in [-0.2, -0.15) is 0 Å². The van der Waals surface area contributed by atoms with Crippen LogP contribution in [0.25, 0.3) is 0 Å². The van der Waals surface area contributed by atoms with E-state index in [-0.39, 0.29) is 18.5 Å². The van der Waals surface area contributed by atoms with Gasteiger partial charge in [0.2, 0.25) is 5.91 Å². The van der Waals surface area contributed by atoms with Gasteiger partial charge < -0.3 is 9.73 Å². The molecule has 0 radical (unpaired) electrons. The van der Waals surface area contributed by atoms with Gasteiger partial charge in [0.25, 0.3) is 11.8 Å². The quantitative estimate of drug-likeness (QED) is 0.776. The van der Waals surface area contributed by atoms with E-state index in [1.807, 2.05) is 12.1 Å². The molecule has 2 aliphatic heterocycles. The predicted octanol–water partition coefficient (Wildman–Crippen LogP) is 2.22. The van der Waals surface area contributed by atoms with E-state index in [0.717, 1.165) is 36.6 Å². The van der Waals surface area contributed by atoms with Gasteiger partial charge in [-0.25, -0.2) is 0 Å². The van der Waals surface area contributed by atoms with Crippen LogP contribution >= 0.6 is 0 Å². The lowest BCUT2D eigenvalue weighted by atomic mass is 10.1. The zero-order chi connectivity index (χ0) is 19.5. The first-order valence-electron chi connectivity index (χ1n) is 9.64. The lowest BCUT2D eigenvalue weighted by Gasteiger charge is -2.33. The standard InChI is InChI=1S/C21H23N3O4/c25-19(14-24-20(26)15-7-2-3-8-16(15)21(24)27)22-13-17(18-9-6-12-28-18)23-10-4-1-5-11-23/h2-3,6-9,12,17H,1,4-5,10-11,13-14H2,(H,22,25)/t17-/m0/s1. The molecule has 0 spiro atoms. The Hall–Kier alpha value is -2.93. The van der Waals surface area contributed by atoms with Crippen molar-refractivity contribution in [1.29, 1.82) is 0 Å². The summed E-state index contributed by atoms with van der Waals surface area (Å²) in [7, 11) is 0. The fourth-order valence-corrected chi connectivity index (χ4v) is 3.91. The fourth-order valence-electron chi connectivity index (χ4n) is 3.91. The summed E-state index contributed by atoms with van der Waals surface area (Å²) in [5, 5.41) is 2.88. The Labute approximate surface area is 163 Å². The summed E-state index contributed by atoms with van der Waals surface area (Å²) in [6.45, 7) is 2.01. The Bertz CT molecular complexity index is 837. The van der Waals surface area contributed by atoms with Crippen LogP contribution in [0.3, 0.4) is 0 Å². The molecular formula is C21H23N3O4. The summed E-state index contributed by atoms with van der Waals surface area (Å²) >= 11 is 0. The highest BCUT2D eigenvalue weighted by atomic mass is 16.3. The van der Waals surface area contributed by atoms with Crippen molar-refractivity contribution in [2.24, 2.45) is 0 Å². The predicted molar refractivity (Wildman–Crippen MR) is 102 cm³/mol. The van der Waals surface area contributed by atoms with Crippen molar-refractivity contribution in [2.45, 2.75) is 25.3 Å². The first kappa shape index (κ1) is 18.4. The lowest BCUT2D eigenvalue weighted by molar-refractivity contribution is -0.121. The number of piperidine rings is 1. The number of hydrogen-bond donors (Lipinski definition) is 1. The minimum Gasteiger partial charge on any atom is -0.468 e. The Morgan fingerprint density at radius 1 is 1.00 bits per heavy atom. The van der Waals surface area contributed by atoms with Gasteiger partial charge in [-0.3, -0.25) is 24.2 Å². The zero-order valence-electron chi connectivity index (χ0n) is 15.6. The maximum Gasteiger partial charge on any atom is 0.262 e. The average molecular weight is 381 g/mol. The molecule has 0 bridgehead atoms. The molecule has 2 aromatic rings. The SMILES string of the molecule is O=C(CN1C(=O)c2ccccc2C1=O)NC[C@@H](c1ccco1)N1CCCCC1. The van der Waals surface area contributed by atoms with Crippen LogP contribution in [-0.2, 0) is 4.79 Å². The van der Waals surface area contributed by atoms with Crippen molar-refractivity contribution in [3.63, 3.8) is 0 Å². The maximum atomic E-state index is 12.5. The van der Waals surface area contributed by atoms with E-state index in [9.17, 15) is 14.4 Å². The Morgan fingerprint density at radius 3 is 2.29 bits per heavy atom. The highest BCUT2D eigenvalue weighted by Gasteiger charge is 2.36. The molecule has 0 saturated carbocycles. The van der Waals surface area contributed by atoms with Crippen molar-refractivity contribution >= 4 is 17.7 Å². The summed E-state index contributed by atoms with van der Waals surface area (Å²) < 4.78 is 5.58. The smallest absolute Gasteiger partial charge is 0.262 e. The average Bonchev–Trinajstić information content (AvgIpc) is 3.33. The summed E-state index contributed by atoms with van der Waals surface area (Å²) in [5.41, 5.74) is 0.698. The molecule has 7 nitrogen and oxygen atoms in total. The zero-order valence-corrected chi connectivity index (χ0v) is 15.6. The van der Waals surface area contributed by atoms with Crippen molar-refractivity contribution in [2.75, 3.05) is 26.2 Å². The number of imide groups is 1. The number of fused-ring (bicyclic) bond motifs is 1. The molecule has 1 N–H and O–H groups in total. The Kier molecular flexibility index (Phi) is 5.25. The van der Waals surface area contributed by atoms with Gasteiger partial charge in [0.1, 0.15) is 12.3 Å². The molecule has 0 unspecified atom stereocenters. The number of carbonyl (C=O) groups excluding carboxylic acids is 3. The molecule has 4 rings (SSSR count). The first-order valence-corrected chi connectivity index (χ1v) is 9.64. The van der Waals surface area contributed by atoms with Crippen molar-refractivity contribution in [3.8, 4) is 0 Å². The number of benzene rings is 1. The molecule has 3 heterocycles. The van der Waals surface area contributed by atoms with Crippen LogP contribution in [0.1, 0.15) is 51.8 Å². The van der Waals surface area contributed by atoms with E-state index in [0.29, 0.717) is 17.7 Å². The van der Waals surface area contributed by atoms with E-state index in [1.54, 1.807) is 30.5 Å². The second-order valence-corrected chi connectivity index (χ2v) is 7.17. The van der Waals surface area contributed by atoms with Crippen molar-refractivity contribution in [3.05, 3.63) is 59.5 Å². The molecule has 1 saturated heterocycles. The van der Waals surface area contributed by atoms with Crippen LogP contribution in [0, 0.1) is 0 Å². The van der Waals surface area contributed by atoms with Crippen molar-refractivity contribution in [1.82, 2.24) is 15.1 Å². The highest BCUT2D eigenvalue weighted by molar-refractivity contribution is 6.22. The van der Waals surface area contributed by atoms with Gasteiger partial charge in [-0.1, -0.05) is 18.6 Å². The number of carbonyl (C=O) groups is 3. The maximum absolute atomic E-state index is 12.5. The van der Waals surface area contributed by atoms with Crippen LogP contribution < -0.4 is 5.32 Å². The third kappa shape index (κ3) is 3.57. The molecular weight excluding hydrogens is 358 g/mol. The Morgan fingerprint density at radius 2 is 1.68 bits per heavy atom. The van der Waals surface area contributed by atoms with Gasteiger partial charge in [-0.05, 0) is 50.2 Å². The number of nitrogens with one attached hydrogen (secondary N) is 1. The molecule has 146 valence electrons. The number of nitrogens with zero attached hydrogens (tertiary/aromatic N) is 2. The summed E-state index contributed by atoms with van der Waals surface area (Å²) in [6, 6.07) is 10.3. The van der Waals surface area contributed by atoms with E-state index in [2.05, 4.69) is 10.2 Å². The number of likely N-dealkylation sites (tertiary alicyclic amines) is 1. The second-order valence-electron chi connectivity index (χ2n) is 7.17. The summed E-state index contributed by atoms with van der Waals surface area (Å²) in [6.07, 6.45) is 5.10. The van der Waals surface area contributed by atoms with E-state index < -0.39 is 11.8 Å². The van der Waals surface area contributed by atoms with Crippen LogP contribution in [0.5, 0.6) is 0 Å². The molecule has 1 fully saturated rings. The van der Waals surface area contributed by atoms with Gasteiger partial charge in [-0.15, -0.1) is 0 Å². The normalized spacial score (nSPS) is 18.2. The van der Waals surface area contributed by atoms with Gasteiger partial charge in [0.15, 0.2) is 0 Å². The van der Waals surface area contributed by atoms with E-state index in [4.69, 9.17) is 4.42 Å². The number of rotatable bonds is 6. The third-order valence-electron chi connectivity index (χ3n) is 5.38. The van der Waals surface area contributed by atoms with Crippen LogP contribution in [0.15, 0.2) is 47.1 Å². The third-order valence-corrected chi connectivity index (χ3v) is 5.38. The number of furan rings is 1. The molecule has 7 heteroatoms. The summed E-state index contributed by atoms with van der Waals surface area (Å²) in [5.74, 6) is -0.394. The van der Waals surface area contributed by atoms with Gasteiger partial charge in [0.05, 0.1) is 23.4 Å². The second kappa shape index (κ2) is 7.98. The van der Waals surface area contributed by atoms with Crippen molar-refractivity contribution < 1.29 is 18.8 Å². The van der Waals surface area contributed by atoms with Gasteiger partial charge >= 0.3 is 0 Å². The van der Waals surface area contributed by atoms with Crippen LogP contribution in [-0.4, -0.2) is 53.7 Å². The number of amides is 3. The van der Waals surface area contributed by atoms with Gasteiger partial charge in [0, 0.05) is 6.54 Å². The minimum atomic E-state index is -0.422. The topological polar surface area (TPSA) is 82.9 Å². The Balaban J connectivity index is 1.39. The molecule has 1 aromatic heterocycles. The number of hydrogen-bond acceptors (Lipinski definition) is 5. The molecule has 2 aliphatic rings. The largest absolute Gasteiger partial charge is 0.468 e. The molecule has 3 amide bonds. The van der Waals surface area contributed by atoms with E-state index in [1.165, 1.54) is 6.42 Å². The molecule has 28 heavy (non-hydrogen) atoms. The fraction of sp³-hybridized carbons (Fsp3) is 0.381. The van der Waals surface area contributed by atoms with Crippen LogP contribution in [0.2, 0.25) is 0 Å². The molecule has 0 aliphatic carbocycles. The molecule has 1 atom stereocenters. The monoisotopic (exact) mass is 381 g/mol. The summed E-state index contributed by atoms with van der Waals surface area (Å²) in [4.78, 5) is 40.6.